The van der Waals surface area contributed by atoms with Crippen molar-refractivity contribution < 1.29 is 15.0 Å². The molecule has 3 heteroatoms. The van der Waals surface area contributed by atoms with Crippen molar-refractivity contribution in [3.05, 3.63) is 0 Å². The van der Waals surface area contributed by atoms with E-state index in [4.69, 9.17) is 10.2 Å². The first kappa shape index (κ1) is 14.4. The van der Waals surface area contributed by atoms with Gasteiger partial charge in [-0.2, -0.15) is 0 Å². The summed E-state index contributed by atoms with van der Waals surface area (Å²) < 4.78 is 0. The molecule has 1 atom stereocenters. The van der Waals surface area contributed by atoms with Gasteiger partial charge in [-0.25, -0.2) is 4.79 Å². The fourth-order valence-corrected chi connectivity index (χ4v) is 1.60. The molecule has 0 aliphatic carbocycles. The minimum absolute atomic E-state index is 0.393. The van der Waals surface area contributed by atoms with Crippen LogP contribution in [0.1, 0.15) is 64.7 Å². The molecule has 2 N–H and O–H groups in total. The zero-order valence-corrected chi connectivity index (χ0v) is 9.74. The Kier molecular flexibility index (Phi) is 9.59. The first-order chi connectivity index (χ1) is 7.18. The normalized spacial score (nSPS) is 12.7. The first-order valence-electron chi connectivity index (χ1n) is 6.09. The lowest BCUT2D eigenvalue weighted by atomic mass is 10.1. The molecule has 0 saturated carbocycles. The fraction of sp³-hybridized carbons (Fsp3) is 0.917. The molecule has 0 radical (unpaired) electrons. The van der Waals surface area contributed by atoms with Gasteiger partial charge in [-0.3, -0.25) is 0 Å². The van der Waals surface area contributed by atoms with E-state index in [0.717, 1.165) is 19.3 Å². The lowest BCUT2D eigenvalue weighted by Gasteiger charge is -2.04. The molecule has 0 fully saturated rings. The Morgan fingerprint density at radius 1 is 1.00 bits per heavy atom. The summed E-state index contributed by atoms with van der Waals surface area (Å²) in [5.41, 5.74) is 0. The molecule has 0 bridgehead atoms. The van der Waals surface area contributed by atoms with Crippen molar-refractivity contribution in [2.75, 3.05) is 0 Å². The Morgan fingerprint density at radius 3 is 1.93 bits per heavy atom. The molecule has 0 amide bonds. The van der Waals surface area contributed by atoms with Crippen LogP contribution in [0.15, 0.2) is 0 Å². The van der Waals surface area contributed by atoms with Crippen molar-refractivity contribution >= 4 is 5.97 Å². The van der Waals surface area contributed by atoms with Crippen LogP contribution in [0.25, 0.3) is 0 Å². The first-order valence-corrected chi connectivity index (χ1v) is 6.09. The van der Waals surface area contributed by atoms with Crippen LogP contribution < -0.4 is 0 Å². The number of aliphatic hydroxyl groups is 1. The highest BCUT2D eigenvalue weighted by molar-refractivity contribution is 5.71. The zero-order chi connectivity index (χ0) is 11.5. The summed E-state index contributed by atoms with van der Waals surface area (Å²) in [5, 5.41) is 17.4. The summed E-state index contributed by atoms with van der Waals surface area (Å²) in [7, 11) is 0. The average molecular weight is 216 g/mol. The Labute approximate surface area is 92.5 Å². The standard InChI is InChI=1S/C12H24O3/c1-2-3-4-5-6-7-8-9-10-11(13)12(14)15/h11,13H,2-10H2,1H3,(H,14,15)/t11-/m1/s1. The van der Waals surface area contributed by atoms with E-state index in [0.29, 0.717) is 6.42 Å². The topological polar surface area (TPSA) is 57.5 Å². The summed E-state index contributed by atoms with van der Waals surface area (Å²) in [6.45, 7) is 2.20. The SMILES string of the molecule is CCCCCCCCCC[C@@H](O)C(=O)O. The summed E-state index contributed by atoms with van der Waals surface area (Å²) in [6, 6.07) is 0. The van der Waals surface area contributed by atoms with Gasteiger partial charge < -0.3 is 10.2 Å². The Bertz CT molecular complexity index is 157. The maximum atomic E-state index is 10.3. The minimum Gasteiger partial charge on any atom is -0.479 e. The molecule has 3 nitrogen and oxygen atoms in total. The number of rotatable bonds is 10. The van der Waals surface area contributed by atoms with E-state index in [9.17, 15) is 4.79 Å². The molecule has 0 saturated heterocycles. The van der Waals surface area contributed by atoms with Gasteiger partial charge in [-0.15, -0.1) is 0 Å². The third-order valence-corrected chi connectivity index (χ3v) is 2.62. The molecule has 0 aromatic carbocycles. The van der Waals surface area contributed by atoms with Crippen molar-refractivity contribution in [1.29, 1.82) is 0 Å². The zero-order valence-electron chi connectivity index (χ0n) is 9.74. The molecule has 0 aliphatic rings. The highest BCUT2D eigenvalue weighted by Gasteiger charge is 2.11. The molecule has 0 aliphatic heterocycles. The third-order valence-electron chi connectivity index (χ3n) is 2.62. The Morgan fingerprint density at radius 2 is 1.47 bits per heavy atom. The van der Waals surface area contributed by atoms with E-state index in [1.165, 1.54) is 32.1 Å². The van der Waals surface area contributed by atoms with Crippen LogP contribution in [0.3, 0.4) is 0 Å². The molecular weight excluding hydrogens is 192 g/mol. The van der Waals surface area contributed by atoms with Gasteiger partial charge in [0.25, 0.3) is 0 Å². The predicted octanol–water partition coefficient (Wildman–Crippen LogP) is 2.96. The van der Waals surface area contributed by atoms with Crippen molar-refractivity contribution in [1.82, 2.24) is 0 Å². The van der Waals surface area contributed by atoms with E-state index < -0.39 is 12.1 Å². The Hall–Kier alpha value is -0.570. The minimum atomic E-state index is -1.16. The highest BCUT2D eigenvalue weighted by Crippen LogP contribution is 2.10. The largest absolute Gasteiger partial charge is 0.479 e. The van der Waals surface area contributed by atoms with Crippen LogP contribution >= 0.6 is 0 Å². The second kappa shape index (κ2) is 9.97. The van der Waals surface area contributed by atoms with E-state index in [1.807, 2.05) is 0 Å². The molecule has 15 heavy (non-hydrogen) atoms. The van der Waals surface area contributed by atoms with Crippen molar-refractivity contribution in [2.45, 2.75) is 70.8 Å². The van der Waals surface area contributed by atoms with Gasteiger partial charge in [0, 0.05) is 0 Å². The van der Waals surface area contributed by atoms with Gasteiger partial charge in [0.1, 0.15) is 0 Å². The number of carboxylic acid groups (broad SMARTS) is 1. The molecule has 0 unspecified atom stereocenters. The number of unbranched alkanes of at least 4 members (excludes halogenated alkanes) is 7. The molecular formula is C12H24O3. The average Bonchev–Trinajstić information content (AvgIpc) is 2.21. The van der Waals surface area contributed by atoms with Gasteiger partial charge in [0.15, 0.2) is 6.10 Å². The predicted molar refractivity (Wildman–Crippen MR) is 60.9 cm³/mol. The number of carbonyl (C=O) groups is 1. The molecule has 0 rings (SSSR count). The second-order valence-electron chi connectivity index (χ2n) is 4.12. The fourth-order valence-electron chi connectivity index (χ4n) is 1.60. The summed E-state index contributed by atoms with van der Waals surface area (Å²) >= 11 is 0. The van der Waals surface area contributed by atoms with Crippen LogP contribution in [-0.2, 0) is 4.79 Å². The molecule has 0 aromatic heterocycles. The monoisotopic (exact) mass is 216 g/mol. The summed E-state index contributed by atoms with van der Waals surface area (Å²) in [5.74, 6) is -1.10. The molecule has 0 heterocycles. The van der Waals surface area contributed by atoms with Crippen LogP contribution in [0.5, 0.6) is 0 Å². The van der Waals surface area contributed by atoms with E-state index in [2.05, 4.69) is 6.92 Å². The van der Waals surface area contributed by atoms with E-state index >= 15 is 0 Å². The number of hydrogen-bond acceptors (Lipinski definition) is 2. The lowest BCUT2D eigenvalue weighted by molar-refractivity contribution is -0.146. The van der Waals surface area contributed by atoms with Crippen LogP contribution in [0.2, 0.25) is 0 Å². The number of carboxylic acids is 1. The number of hydrogen-bond donors (Lipinski definition) is 2. The smallest absolute Gasteiger partial charge is 0.332 e. The van der Waals surface area contributed by atoms with E-state index in [1.54, 1.807) is 0 Å². The third kappa shape index (κ3) is 9.73. The maximum Gasteiger partial charge on any atom is 0.332 e. The van der Waals surface area contributed by atoms with Crippen LogP contribution in [0.4, 0.5) is 0 Å². The van der Waals surface area contributed by atoms with Gasteiger partial charge in [0.2, 0.25) is 0 Å². The van der Waals surface area contributed by atoms with Gasteiger partial charge in [-0.05, 0) is 6.42 Å². The van der Waals surface area contributed by atoms with Crippen molar-refractivity contribution in [2.24, 2.45) is 0 Å². The van der Waals surface area contributed by atoms with Gasteiger partial charge in [-0.1, -0.05) is 58.3 Å². The Balaban J connectivity index is 3.08. The number of aliphatic hydroxyl groups excluding tert-OH is 1. The molecule has 0 spiro atoms. The summed E-state index contributed by atoms with van der Waals surface area (Å²) in [6.07, 6.45) is 8.68. The van der Waals surface area contributed by atoms with Gasteiger partial charge >= 0.3 is 5.97 Å². The quantitative estimate of drug-likeness (QED) is 0.552. The second-order valence-corrected chi connectivity index (χ2v) is 4.12. The summed E-state index contributed by atoms with van der Waals surface area (Å²) in [4.78, 5) is 10.3. The molecule has 90 valence electrons. The van der Waals surface area contributed by atoms with Crippen LogP contribution in [0, 0.1) is 0 Å². The van der Waals surface area contributed by atoms with Gasteiger partial charge in [0.05, 0.1) is 0 Å². The van der Waals surface area contributed by atoms with Crippen molar-refractivity contribution in [3.8, 4) is 0 Å². The molecule has 0 aromatic rings. The lowest BCUT2D eigenvalue weighted by Crippen LogP contribution is -2.18. The van der Waals surface area contributed by atoms with E-state index in [-0.39, 0.29) is 0 Å². The number of aliphatic carboxylic acids is 1. The van der Waals surface area contributed by atoms with Crippen molar-refractivity contribution in [3.63, 3.8) is 0 Å². The highest BCUT2D eigenvalue weighted by atomic mass is 16.4. The maximum absolute atomic E-state index is 10.3. The van der Waals surface area contributed by atoms with Crippen LogP contribution in [-0.4, -0.2) is 22.3 Å².